The number of quaternary nitrogens is 1. The van der Waals surface area contributed by atoms with Crippen LogP contribution in [0.4, 0.5) is 0 Å². The van der Waals surface area contributed by atoms with Crippen molar-refractivity contribution < 1.29 is 4.90 Å². The minimum atomic E-state index is -0.0614. The third-order valence-corrected chi connectivity index (χ3v) is 4.26. The number of nitrogens with zero attached hydrogens (tertiary/aromatic N) is 3. The Bertz CT molecular complexity index is 831. The summed E-state index contributed by atoms with van der Waals surface area (Å²) in [4.78, 5) is 1.15. The van der Waals surface area contributed by atoms with Gasteiger partial charge in [0.2, 0.25) is 0 Å². The van der Waals surface area contributed by atoms with Crippen LogP contribution in [0.2, 0.25) is 0 Å². The lowest BCUT2D eigenvalue weighted by molar-refractivity contribution is -0.909. The van der Waals surface area contributed by atoms with Crippen LogP contribution in [0.3, 0.4) is 0 Å². The topological polar surface area (TPSA) is 46.0 Å². The number of hydrogen-bond acceptors (Lipinski definition) is 2. The molecule has 0 saturated carbocycles. The molecule has 3 aromatic rings. The van der Waals surface area contributed by atoms with E-state index in [0.717, 1.165) is 34.0 Å². The van der Waals surface area contributed by atoms with E-state index in [9.17, 15) is 0 Å². The molecule has 0 radical (unpaired) electrons. The zero-order chi connectivity index (χ0) is 16.9. The molecule has 0 bridgehead atoms. The number of nitriles is 1. The van der Waals surface area contributed by atoms with Gasteiger partial charge in [-0.2, -0.15) is 10.4 Å². The van der Waals surface area contributed by atoms with Crippen LogP contribution in [0.25, 0.3) is 16.9 Å². The molecular weight excluding hydrogens is 296 g/mol. The van der Waals surface area contributed by atoms with E-state index >= 15 is 0 Å². The highest BCUT2D eigenvalue weighted by Gasteiger charge is 2.18. The molecule has 1 aromatic heterocycles. The van der Waals surface area contributed by atoms with Crippen molar-refractivity contribution in [3.63, 3.8) is 0 Å². The molecule has 2 atom stereocenters. The Morgan fingerprint density at radius 2 is 1.71 bits per heavy atom. The third kappa shape index (κ3) is 3.37. The molecule has 0 spiro atoms. The van der Waals surface area contributed by atoms with Gasteiger partial charge in [0, 0.05) is 18.7 Å². The zero-order valence-corrected chi connectivity index (χ0v) is 14.0. The van der Waals surface area contributed by atoms with Gasteiger partial charge in [-0.25, -0.2) is 4.68 Å². The Kier molecular flexibility index (Phi) is 4.74. The van der Waals surface area contributed by atoms with Gasteiger partial charge >= 0.3 is 0 Å². The van der Waals surface area contributed by atoms with Crippen LogP contribution in [0, 0.1) is 11.3 Å². The van der Waals surface area contributed by atoms with Crippen molar-refractivity contribution in [2.45, 2.75) is 19.5 Å². The Balaban J connectivity index is 2.02. The first-order valence-electron chi connectivity index (χ1n) is 8.10. The van der Waals surface area contributed by atoms with E-state index in [-0.39, 0.29) is 6.04 Å². The van der Waals surface area contributed by atoms with Gasteiger partial charge in [-0.1, -0.05) is 48.5 Å². The molecule has 0 aliphatic rings. The number of benzene rings is 2. The molecule has 0 saturated heterocycles. The average molecular weight is 317 g/mol. The van der Waals surface area contributed by atoms with Crippen molar-refractivity contribution in [2.24, 2.45) is 0 Å². The van der Waals surface area contributed by atoms with E-state index in [2.05, 4.69) is 24.4 Å². The maximum atomic E-state index is 9.16. The van der Waals surface area contributed by atoms with Gasteiger partial charge in [0.05, 0.1) is 18.3 Å². The SMILES string of the molecule is C[C@H](C#N)[NH+](C)Cc1cn(-c2ccccc2)nc1-c1ccccc1. The van der Waals surface area contributed by atoms with Crippen molar-refractivity contribution in [3.8, 4) is 23.0 Å². The standard InChI is InChI=1S/C20H20N4/c1-16(13-21)23(2)14-18-15-24(19-11-7-4-8-12-19)22-20(18)17-9-5-3-6-10-17/h3-12,15-16H,14H2,1-2H3/p+1/t16-/m1/s1. The number of nitrogens with one attached hydrogen (secondary N) is 1. The second-order valence-electron chi connectivity index (χ2n) is 6.02. The van der Waals surface area contributed by atoms with Crippen LogP contribution in [0.1, 0.15) is 12.5 Å². The summed E-state index contributed by atoms with van der Waals surface area (Å²) in [5, 5.41) is 14.0. The summed E-state index contributed by atoms with van der Waals surface area (Å²) in [6, 6.07) is 22.6. The second kappa shape index (κ2) is 7.12. The summed E-state index contributed by atoms with van der Waals surface area (Å²) in [7, 11) is 2.04. The minimum Gasteiger partial charge on any atom is -0.319 e. The molecule has 0 amide bonds. The molecule has 4 nitrogen and oxygen atoms in total. The lowest BCUT2D eigenvalue weighted by Crippen LogP contribution is -3.11. The molecular formula is C20H21N4+. The molecule has 3 rings (SSSR count). The number of rotatable bonds is 5. The van der Waals surface area contributed by atoms with Crippen LogP contribution < -0.4 is 4.90 Å². The fraction of sp³-hybridized carbons (Fsp3) is 0.200. The monoisotopic (exact) mass is 317 g/mol. The van der Waals surface area contributed by atoms with E-state index in [1.54, 1.807) is 0 Å². The van der Waals surface area contributed by atoms with Gasteiger partial charge in [0.1, 0.15) is 18.3 Å². The van der Waals surface area contributed by atoms with Crippen molar-refractivity contribution in [1.82, 2.24) is 9.78 Å². The number of para-hydroxylation sites is 1. The largest absolute Gasteiger partial charge is 0.319 e. The zero-order valence-electron chi connectivity index (χ0n) is 14.0. The lowest BCUT2D eigenvalue weighted by atomic mass is 10.1. The summed E-state index contributed by atoms with van der Waals surface area (Å²) >= 11 is 0. The predicted molar refractivity (Wildman–Crippen MR) is 94.7 cm³/mol. The van der Waals surface area contributed by atoms with Crippen LogP contribution >= 0.6 is 0 Å². The summed E-state index contributed by atoms with van der Waals surface area (Å²) < 4.78 is 1.92. The fourth-order valence-corrected chi connectivity index (χ4v) is 2.65. The molecule has 1 N–H and O–H groups in total. The molecule has 0 aliphatic heterocycles. The van der Waals surface area contributed by atoms with Crippen molar-refractivity contribution in [1.29, 1.82) is 5.26 Å². The first kappa shape index (κ1) is 16.0. The lowest BCUT2D eigenvalue weighted by Gasteiger charge is -2.15. The van der Waals surface area contributed by atoms with Crippen molar-refractivity contribution in [2.75, 3.05) is 7.05 Å². The first-order chi connectivity index (χ1) is 11.7. The summed E-state index contributed by atoms with van der Waals surface area (Å²) in [5.74, 6) is 0. The minimum absolute atomic E-state index is 0.0614. The van der Waals surface area contributed by atoms with Crippen molar-refractivity contribution in [3.05, 3.63) is 72.4 Å². The highest BCUT2D eigenvalue weighted by atomic mass is 15.3. The second-order valence-corrected chi connectivity index (χ2v) is 6.02. The van der Waals surface area contributed by atoms with E-state index in [1.165, 1.54) is 0 Å². The molecule has 120 valence electrons. The molecule has 1 heterocycles. The maximum Gasteiger partial charge on any atom is 0.172 e. The summed E-state index contributed by atoms with van der Waals surface area (Å²) in [6.45, 7) is 2.70. The van der Waals surface area contributed by atoms with Crippen LogP contribution in [-0.2, 0) is 6.54 Å². The van der Waals surface area contributed by atoms with Gasteiger partial charge in [-0.05, 0) is 12.1 Å². The van der Waals surface area contributed by atoms with Gasteiger partial charge in [-0.15, -0.1) is 0 Å². The van der Waals surface area contributed by atoms with Gasteiger partial charge in [0.25, 0.3) is 0 Å². The van der Waals surface area contributed by atoms with Crippen LogP contribution in [0.5, 0.6) is 0 Å². The van der Waals surface area contributed by atoms with E-state index in [0.29, 0.717) is 0 Å². The molecule has 2 aromatic carbocycles. The molecule has 0 aliphatic carbocycles. The maximum absolute atomic E-state index is 9.16. The Morgan fingerprint density at radius 1 is 1.08 bits per heavy atom. The molecule has 4 heteroatoms. The normalized spacial score (nSPS) is 13.2. The number of hydrogen-bond donors (Lipinski definition) is 1. The Morgan fingerprint density at radius 3 is 2.33 bits per heavy atom. The summed E-state index contributed by atoms with van der Waals surface area (Å²) in [5.41, 5.74) is 4.25. The van der Waals surface area contributed by atoms with Crippen LogP contribution in [-0.4, -0.2) is 22.9 Å². The summed E-state index contributed by atoms with van der Waals surface area (Å²) in [6.07, 6.45) is 2.07. The van der Waals surface area contributed by atoms with E-state index < -0.39 is 0 Å². The average Bonchev–Trinajstić information content (AvgIpc) is 3.06. The third-order valence-electron chi connectivity index (χ3n) is 4.26. The first-order valence-corrected chi connectivity index (χ1v) is 8.10. The quantitative estimate of drug-likeness (QED) is 0.786. The highest BCUT2D eigenvalue weighted by molar-refractivity contribution is 5.63. The molecule has 1 unspecified atom stereocenters. The molecule has 0 fully saturated rings. The van der Waals surface area contributed by atoms with Gasteiger partial charge in [-0.3, -0.25) is 0 Å². The smallest absolute Gasteiger partial charge is 0.172 e. The Hall–Kier alpha value is -2.90. The van der Waals surface area contributed by atoms with E-state index in [1.807, 2.05) is 67.2 Å². The molecule has 24 heavy (non-hydrogen) atoms. The predicted octanol–water partition coefficient (Wildman–Crippen LogP) is 2.47. The highest BCUT2D eigenvalue weighted by Crippen LogP contribution is 2.23. The number of aromatic nitrogens is 2. The van der Waals surface area contributed by atoms with E-state index in [4.69, 9.17) is 10.4 Å². The van der Waals surface area contributed by atoms with Gasteiger partial charge < -0.3 is 4.90 Å². The van der Waals surface area contributed by atoms with Crippen LogP contribution in [0.15, 0.2) is 66.9 Å². The fourth-order valence-electron chi connectivity index (χ4n) is 2.65. The van der Waals surface area contributed by atoms with Gasteiger partial charge in [0.15, 0.2) is 6.04 Å². The Labute approximate surface area is 142 Å². The van der Waals surface area contributed by atoms with Crippen molar-refractivity contribution >= 4 is 0 Å².